The molecule has 0 amide bonds. The van der Waals surface area contributed by atoms with Crippen LogP contribution in [0.2, 0.25) is 6.32 Å². The molecule has 0 bridgehead atoms. The van der Waals surface area contributed by atoms with Crippen LogP contribution in [0.4, 0.5) is 0 Å². The Balaban J connectivity index is 1.94. The summed E-state index contributed by atoms with van der Waals surface area (Å²) in [4.78, 5) is 14.3. The highest BCUT2D eigenvalue weighted by Gasteiger charge is 2.42. The van der Waals surface area contributed by atoms with Crippen molar-refractivity contribution in [1.82, 2.24) is 4.90 Å². The standard InChI is InChI=1S/C21H35BN2O5/c1-3-29-19-16(2)7-6-8-17(19)15-24-13-9-18(10-14-24)21(23,20(25)26)11-4-5-12-22(27)28/h6-8,18,27-28H,3-5,9-15,23H2,1-2H3,(H,25,26). The van der Waals surface area contributed by atoms with Gasteiger partial charge in [0.05, 0.1) is 6.61 Å². The molecule has 5 N–H and O–H groups in total. The minimum atomic E-state index is -1.35. The van der Waals surface area contributed by atoms with Gasteiger partial charge >= 0.3 is 13.1 Å². The van der Waals surface area contributed by atoms with Crippen LogP contribution in [-0.2, 0) is 11.3 Å². The Hall–Kier alpha value is -1.61. The number of aryl methyl sites for hydroxylation is 1. The molecule has 8 heteroatoms. The summed E-state index contributed by atoms with van der Waals surface area (Å²) >= 11 is 0. The molecule has 1 heterocycles. The highest BCUT2D eigenvalue weighted by atomic mass is 16.5. The molecule has 162 valence electrons. The van der Waals surface area contributed by atoms with E-state index in [1.165, 1.54) is 0 Å². The van der Waals surface area contributed by atoms with Crippen LogP contribution in [0.1, 0.15) is 50.2 Å². The number of carbonyl (C=O) groups is 1. The third-order valence-corrected chi connectivity index (χ3v) is 5.99. The molecule has 1 fully saturated rings. The van der Waals surface area contributed by atoms with E-state index in [-0.39, 0.29) is 12.2 Å². The van der Waals surface area contributed by atoms with Gasteiger partial charge < -0.3 is 25.6 Å². The fraction of sp³-hybridized carbons (Fsp3) is 0.667. The molecule has 0 radical (unpaired) electrons. The highest BCUT2D eigenvalue weighted by molar-refractivity contribution is 6.40. The van der Waals surface area contributed by atoms with Crippen molar-refractivity contribution in [3.8, 4) is 5.75 Å². The maximum absolute atomic E-state index is 11.9. The molecule has 0 aromatic heterocycles. The predicted molar refractivity (Wildman–Crippen MR) is 114 cm³/mol. The van der Waals surface area contributed by atoms with E-state index in [0.29, 0.717) is 25.9 Å². The van der Waals surface area contributed by atoms with Crippen molar-refractivity contribution in [1.29, 1.82) is 0 Å². The van der Waals surface area contributed by atoms with E-state index in [1.807, 2.05) is 26.0 Å². The van der Waals surface area contributed by atoms with Crippen LogP contribution < -0.4 is 10.5 Å². The zero-order valence-electron chi connectivity index (χ0n) is 17.6. The molecule has 29 heavy (non-hydrogen) atoms. The SMILES string of the molecule is CCOc1c(C)cccc1CN1CCC(C(N)(CCCCB(O)O)C(=O)O)CC1. The van der Waals surface area contributed by atoms with Crippen molar-refractivity contribution in [2.75, 3.05) is 19.7 Å². The van der Waals surface area contributed by atoms with E-state index in [1.54, 1.807) is 0 Å². The van der Waals surface area contributed by atoms with Crippen molar-refractivity contribution < 1.29 is 24.7 Å². The summed E-state index contributed by atoms with van der Waals surface area (Å²) in [6, 6.07) is 6.18. The minimum Gasteiger partial charge on any atom is -0.493 e. The molecule has 1 aromatic rings. The molecule has 1 unspecified atom stereocenters. The van der Waals surface area contributed by atoms with Crippen LogP contribution >= 0.6 is 0 Å². The smallest absolute Gasteiger partial charge is 0.451 e. The summed E-state index contributed by atoms with van der Waals surface area (Å²) in [6.45, 7) is 7.03. The zero-order valence-corrected chi connectivity index (χ0v) is 17.6. The van der Waals surface area contributed by atoms with Crippen molar-refractivity contribution in [3.63, 3.8) is 0 Å². The van der Waals surface area contributed by atoms with Crippen molar-refractivity contribution in [2.24, 2.45) is 11.7 Å². The van der Waals surface area contributed by atoms with Crippen LogP contribution in [0.3, 0.4) is 0 Å². The van der Waals surface area contributed by atoms with Crippen molar-refractivity contribution in [3.05, 3.63) is 29.3 Å². The molecule has 1 aliphatic rings. The summed E-state index contributed by atoms with van der Waals surface area (Å²) in [5.41, 5.74) is 7.37. The number of hydrogen-bond donors (Lipinski definition) is 4. The Morgan fingerprint density at radius 2 is 2.00 bits per heavy atom. The first kappa shape index (κ1) is 23.7. The number of unbranched alkanes of at least 4 members (excludes halogenated alkanes) is 1. The first-order chi connectivity index (χ1) is 13.8. The Morgan fingerprint density at radius 1 is 1.31 bits per heavy atom. The van der Waals surface area contributed by atoms with Gasteiger partial charge in [0.25, 0.3) is 0 Å². The molecular weight excluding hydrogens is 371 g/mol. The second kappa shape index (κ2) is 11.0. The third kappa shape index (κ3) is 6.44. The first-order valence-electron chi connectivity index (χ1n) is 10.6. The molecule has 0 spiro atoms. The maximum Gasteiger partial charge on any atom is 0.451 e. The second-order valence-corrected chi connectivity index (χ2v) is 8.12. The number of carboxylic acid groups (broad SMARTS) is 1. The van der Waals surface area contributed by atoms with E-state index >= 15 is 0 Å². The molecule has 1 atom stereocenters. The fourth-order valence-corrected chi connectivity index (χ4v) is 4.27. The molecule has 1 saturated heterocycles. The first-order valence-corrected chi connectivity index (χ1v) is 10.6. The maximum atomic E-state index is 11.9. The number of carboxylic acids is 1. The van der Waals surface area contributed by atoms with E-state index in [4.69, 9.17) is 20.5 Å². The van der Waals surface area contributed by atoms with Gasteiger partial charge in [0.2, 0.25) is 0 Å². The van der Waals surface area contributed by atoms with Crippen molar-refractivity contribution >= 4 is 13.1 Å². The number of ether oxygens (including phenoxy) is 1. The summed E-state index contributed by atoms with van der Waals surface area (Å²) in [7, 11) is -1.35. The summed E-state index contributed by atoms with van der Waals surface area (Å²) in [5.74, 6) is -0.0983. The fourth-order valence-electron chi connectivity index (χ4n) is 4.27. The van der Waals surface area contributed by atoms with Gasteiger partial charge in [-0.3, -0.25) is 9.69 Å². The average molecular weight is 406 g/mol. The molecular formula is C21H35BN2O5. The van der Waals surface area contributed by atoms with E-state index in [0.717, 1.165) is 49.4 Å². The third-order valence-electron chi connectivity index (χ3n) is 5.99. The van der Waals surface area contributed by atoms with Crippen LogP contribution in [0, 0.1) is 12.8 Å². The van der Waals surface area contributed by atoms with Gasteiger partial charge in [-0.15, -0.1) is 0 Å². The molecule has 1 aliphatic heterocycles. The van der Waals surface area contributed by atoms with Crippen molar-refractivity contribution in [2.45, 2.75) is 64.4 Å². The highest BCUT2D eigenvalue weighted by Crippen LogP contribution is 2.33. The van der Waals surface area contributed by atoms with Gasteiger partial charge in [0.1, 0.15) is 11.3 Å². The van der Waals surface area contributed by atoms with E-state index in [9.17, 15) is 9.90 Å². The van der Waals surface area contributed by atoms with E-state index < -0.39 is 18.6 Å². The van der Waals surface area contributed by atoms with Gasteiger partial charge in [0, 0.05) is 12.1 Å². The molecule has 0 saturated carbocycles. The lowest BCUT2D eigenvalue weighted by atomic mass is 9.74. The van der Waals surface area contributed by atoms with Gasteiger partial charge in [-0.05, 0) is 64.0 Å². The monoisotopic (exact) mass is 406 g/mol. The number of rotatable bonds is 11. The predicted octanol–water partition coefficient (Wildman–Crippen LogP) is 2.03. The number of benzene rings is 1. The Kier molecular flexibility index (Phi) is 8.95. The van der Waals surface area contributed by atoms with Gasteiger partial charge in [-0.2, -0.15) is 0 Å². The minimum absolute atomic E-state index is 0.0841. The normalized spacial score (nSPS) is 17.7. The average Bonchev–Trinajstić information content (AvgIpc) is 2.68. The Morgan fingerprint density at radius 3 is 2.59 bits per heavy atom. The molecule has 7 nitrogen and oxygen atoms in total. The van der Waals surface area contributed by atoms with Crippen LogP contribution in [0.25, 0.3) is 0 Å². The Labute approximate surface area is 174 Å². The van der Waals surface area contributed by atoms with Crippen LogP contribution in [0.5, 0.6) is 5.75 Å². The molecule has 2 rings (SSSR count). The Bertz CT molecular complexity index is 664. The quantitative estimate of drug-likeness (QED) is 0.328. The zero-order chi connectivity index (χ0) is 21.4. The van der Waals surface area contributed by atoms with Gasteiger partial charge in [0.15, 0.2) is 0 Å². The number of hydrogen-bond acceptors (Lipinski definition) is 6. The number of nitrogens with zero attached hydrogens (tertiary/aromatic N) is 1. The number of likely N-dealkylation sites (tertiary alicyclic amines) is 1. The lowest BCUT2D eigenvalue weighted by Gasteiger charge is -2.40. The van der Waals surface area contributed by atoms with E-state index in [2.05, 4.69) is 11.0 Å². The summed E-state index contributed by atoms with van der Waals surface area (Å²) in [6.07, 6.45) is 3.19. The lowest BCUT2D eigenvalue weighted by Crippen LogP contribution is -2.56. The lowest BCUT2D eigenvalue weighted by molar-refractivity contribution is -0.147. The second-order valence-electron chi connectivity index (χ2n) is 8.12. The summed E-state index contributed by atoms with van der Waals surface area (Å²) in [5, 5.41) is 27.7. The topological polar surface area (TPSA) is 116 Å². The number of aliphatic carboxylic acids is 1. The largest absolute Gasteiger partial charge is 0.493 e. The van der Waals surface area contributed by atoms with Gasteiger partial charge in [-0.1, -0.05) is 31.0 Å². The number of nitrogens with two attached hydrogens (primary N) is 1. The van der Waals surface area contributed by atoms with Crippen LogP contribution in [-0.4, -0.2) is 58.4 Å². The number of para-hydroxylation sites is 1. The molecule has 0 aliphatic carbocycles. The van der Waals surface area contributed by atoms with Gasteiger partial charge in [-0.25, -0.2) is 0 Å². The summed E-state index contributed by atoms with van der Waals surface area (Å²) < 4.78 is 5.83. The van der Waals surface area contributed by atoms with Crippen LogP contribution in [0.15, 0.2) is 18.2 Å². The number of piperidine rings is 1. The molecule has 1 aromatic carbocycles.